The van der Waals surface area contributed by atoms with Crippen LogP contribution in [-0.2, 0) is 61.4 Å². The predicted octanol–water partition coefficient (Wildman–Crippen LogP) is 14.6. The molecule has 2 aromatic carbocycles. The van der Waals surface area contributed by atoms with Crippen LogP contribution >= 0.6 is 0 Å². The highest BCUT2D eigenvalue weighted by molar-refractivity contribution is 5.91. The van der Waals surface area contributed by atoms with E-state index in [1.807, 2.05) is 125 Å². The van der Waals surface area contributed by atoms with E-state index in [0.717, 1.165) is 188 Å². The van der Waals surface area contributed by atoms with E-state index < -0.39 is 16.4 Å². The number of Topliss-reactive ketones (excluding diaryl/α,β-unsaturated/α-hetero) is 5. The molecule has 28 heteroatoms. The third-order valence-electron chi connectivity index (χ3n) is 33.8. The van der Waals surface area contributed by atoms with Gasteiger partial charge in [0, 0.05) is 154 Å². The normalized spacial score (nSPS) is 26.7. The second-order valence-electron chi connectivity index (χ2n) is 46.8. The molecule has 26 nitrogen and oxygen atoms in total. The van der Waals surface area contributed by atoms with Crippen molar-refractivity contribution in [2.24, 2.45) is 107 Å². The van der Waals surface area contributed by atoms with Crippen LogP contribution in [0.1, 0.15) is 203 Å². The zero-order valence-electron chi connectivity index (χ0n) is 84.5. The molecule has 10 aromatic heterocycles. The highest BCUT2D eigenvalue weighted by Gasteiger charge is 2.62. The number of aryl methyl sites for hydroxylation is 5. The number of carbonyl (C=O) groups excluding carboxylic acids is 6. The Hall–Kier alpha value is -10.9. The molecular formula is C112H139F2N19O7. The van der Waals surface area contributed by atoms with Crippen LogP contribution in [0.4, 0.5) is 8.78 Å². The largest absolute Gasteiger partial charge is 0.497 e. The van der Waals surface area contributed by atoms with Crippen molar-refractivity contribution >= 4 is 78.8 Å². The second kappa shape index (κ2) is 36.8. The lowest BCUT2D eigenvalue weighted by Gasteiger charge is -2.26. The van der Waals surface area contributed by atoms with Crippen LogP contribution in [0.15, 0.2) is 128 Å². The Balaban J connectivity index is 0.000000103. The molecule has 6 unspecified atom stereocenters. The molecule has 13 fully saturated rings. The predicted molar refractivity (Wildman–Crippen MR) is 536 cm³/mol. The molecule has 1 amide bonds. The minimum Gasteiger partial charge on any atom is -0.497 e. The Morgan fingerprint density at radius 2 is 0.864 bits per heavy atom. The number of fused-ring (bicyclic) bond motifs is 12. The van der Waals surface area contributed by atoms with Gasteiger partial charge >= 0.3 is 0 Å². The minimum absolute atomic E-state index is 0.152. The number of amides is 1. The van der Waals surface area contributed by atoms with Gasteiger partial charge in [0.05, 0.1) is 57.7 Å². The minimum atomic E-state index is -0.535. The lowest BCUT2D eigenvalue weighted by molar-refractivity contribution is -0.125. The molecule has 13 aliphatic rings. The first-order valence-corrected chi connectivity index (χ1v) is 51.2. The van der Waals surface area contributed by atoms with Gasteiger partial charge in [0.15, 0.2) is 0 Å². The number of rotatable bonds is 25. The van der Waals surface area contributed by atoms with Crippen LogP contribution < -0.4 is 42.0 Å². The number of hydrogen-bond donors (Lipinski definition) is 7. The van der Waals surface area contributed by atoms with E-state index in [2.05, 4.69) is 166 Å². The number of carbonyl (C=O) groups is 6. The number of ether oxygens (including phenoxy) is 1. The summed E-state index contributed by atoms with van der Waals surface area (Å²) in [4.78, 5) is 113. The molecule has 6 saturated heterocycles. The van der Waals surface area contributed by atoms with E-state index >= 15 is 0 Å². The summed E-state index contributed by atoms with van der Waals surface area (Å²) < 4.78 is 41.9. The number of piperidine rings is 6. The van der Waals surface area contributed by atoms with Crippen LogP contribution in [0.2, 0.25) is 0 Å². The molecule has 6 aliphatic heterocycles. The van der Waals surface area contributed by atoms with Crippen molar-refractivity contribution < 1.29 is 42.3 Å². The summed E-state index contributed by atoms with van der Waals surface area (Å²) in [6, 6.07) is 28.5. The van der Waals surface area contributed by atoms with Crippen molar-refractivity contribution in [1.82, 2.24) is 94.7 Å². The lowest BCUT2D eigenvalue weighted by atomic mass is 9.80. The van der Waals surface area contributed by atoms with Gasteiger partial charge in [-0.15, -0.1) is 0 Å². The second-order valence-corrected chi connectivity index (χ2v) is 46.8. The molecule has 0 bridgehead atoms. The summed E-state index contributed by atoms with van der Waals surface area (Å²) in [6.07, 6.45) is 16.1. The van der Waals surface area contributed by atoms with Gasteiger partial charge in [-0.05, 0) is 264 Å². The van der Waals surface area contributed by atoms with Crippen molar-refractivity contribution in [3.63, 3.8) is 0 Å². The number of nitrogens with zero attached hydrogens (tertiary/aromatic N) is 12. The first-order chi connectivity index (χ1) is 66.7. The van der Waals surface area contributed by atoms with E-state index in [9.17, 15) is 37.5 Å². The summed E-state index contributed by atoms with van der Waals surface area (Å²) in [5.41, 5.74) is 11.1. The quantitative estimate of drug-likeness (QED) is 0.0279. The van der Waals surface area contributed by atoms with Gasteiger partial charge < -0.3 is 59.6 Å². The summed E-state index contributed by atoms with van der Waals surface area (Å²) in [6.45, 7) is 47.1. The van der Waals surface area contributed by atoms with E-state index in [1.165, 1.54) is 24.0 Å². The molecule has 7 aliphatic carbocycles. The number of nitrogens with one attached hydrogen (secondary N) is 7. The summed E-state index contributed by atoms with van der Waals surface area (Å²) in [5.74, 6) is 14.4. The van der Waals surface area contributed by atoms with Crippen LogP contribution in [0.25, 0.3) is 44.0 Å². The number of aromatic nitrogens is 12. The molecule has 7 saturated carbocycles. The molecule has 18 atom stereocenters. The fourth-order valence-corrected chi connectivity index (χ4v) is 25.8. The zero-order chi connectivity index (χ0) is 98.6. The van der Waals surface area contributed by atoms with E-state index in [-0.39, 0.29) is 57.5 Å². The number of methoxy groups -OCH3 is 1. The van der Waals surface area contributed by atoms with Crippen LogP contribution in [0.3, 0.4) is 0 Å². The Kier molecular flexibility index (Phi) is 25.4. The number of imidazole rings is 4. The molecule has 25 rings (SSSR count). The molecule has 738 valence electrons. The summed E-state index contributed by atoms with van der Waals surface area (Å²) in [5, 5.41) is 25.1. The van der Waals surface area contributed by atoms with Crippen LogP contribution in [0, 0.1) is 153 Å². The maximum absolute atomic E-state index is 14.5. The molecule has 0 spiro atoms. The Labute approximate surface area is 818 Å². The smallest absolute Gasteiger partial charge is 0.224 e. The van der Waals surface area contributed by atoms with Crippen molar-refractivity contribution in [3.8, 4) is 5.75 Å². The fourth-order valence-electron chi connectivity index (χ4n) is 25.8. The van der Waals surface area contributed by atoms with Crippen molar-refractivity contribution in [1.29, 1.82) is 0 Å². The standard InChI is InChI=1S/C20H24FN3O.C20H25N3O.C18H20FN3O.C18H24N4O2.2C18H23N3O/c1-20(2,8-15(25)16-12-9-22-10-13(12)16)19-23-17(11-5-6-11)18-14(21)4-3-7-24(18)19;1-11-6-5-7-13-18(11)22-12(2)23-19(13)20(3,4)8-16(24)17-14-9-21-10-15(14)17;1-18(2,6-14(23)15-11-7-20-8-12(11)15)17-10-4-3-5-13(19)16(10)21-9-22-17;1-10-14-7-11(24-4)5-6-22(14)17(20-10)18(2,3)21-16(23)15-12-8-19-9-13(12)15;1-11-5-4-6-21-15(10-20-17(11)21)18(2,3)7-14(22)16-12-8-19-9-13(12)16;1-11-20-17(14-6-4-5-7-21(11)14)18(2,3)8-15(22)16-12-9-19-10-13(12)16/h3-4,7,11-13,16,22H,5-6,8-10H2,1-2H3;5-7,14-15,17,21H,8-10H2,1-4H3;3-5,9,11-12,15,20H,6-8H2,1-2H3;5-7,12-13,15,19H,8-9H2,1-4H3,(H,21,23);4-6,10,12-13,16,19H,7-9H2,1-3H3;4-7,12-13,16,19H,8-10H2,1-3H3/t12-,13+,16?;14-,15+,17?;11-,12+,15?;12-,13+,15?;2*12-,13+,16?. The monoisotopic (exact) mass is 1900 g/mol. The third-order valence-corrected chi connectivity index (χ3v) is 33.8. The first-order valence-electron chi connectivity index (χ1n) is 51.2. The number of para-hydroxylation sites is 2. The number of ketones is 5. The molecule has 7 N–H and O–H groups in total. The van der Waals surface area contributed by atoms with Crippen LogP contribution in [-0.4, -0.2) is 178 Å². The number of benzene rings is 2. The van der Waals surface area contributed by atoms with Gasteiger partial charge in [-0.3, -0.25) is 28.8 Å². The molecular weight excluding hydrogens is 1760 g/mol. The maximum atomic E-state index is 14.5. The van der Waals surface area contributed by atoms with E-state index in [1.54, 1.807) is 19.2 Å². The molecule has 140 heavy (non-hydrogen) atoms. The number of pyridine rings is 4. The van der Waals surface area contributed by atoms with Crippen LogP contribution in [0.5, 0.6) is 5.75 Å². The fraction of sp³-hybridized carbons (Fsp3) is 0.554. The summed E-state index contributed by atoms with van der Waals surface area (Å²) in [7, 11) is 1.66. The maximum Gasteiger partial charge on any atom is 0.224 e. The van der Waals surface area contributed by atoms with Crippen molar-refractivity contribution in [2.75, 3.05) is 85.6 Å². The highest BCUT2D eigenvalue weighted by Crippen LogP contribution is 2.57. The van der Waals surface area contributed by atoms with Gasteiger partial charge in [0.1, 0.15) is 92.6 Å². The van der Waals surface area contributed by atoms with Gasteiger partial charge in [-0.1, -0.05) is 112 Å². The first kappa shape index (κ1) is 96.6. The topological polar surface area (TPSA) is 317 Å². The summed E-state index contributed by atoms with van der Waals surface area (Å²) >= 11 is 0. The highest BCUT2D eigenvalue weighted by atomic mass is 19.1. The zero-order valence-corrected chi connectivity index (χ0v) is 84.5. The third kappa shape index (κ3) is 18.4. The van der Waals surface area contributed by atoms with E-state index in [0.29, 0.717) is 166 Å². The Bertz CT molecular complexity index is 6810. The molecule has 16 heterocycles. The SMILES string of the molecule is CC(C)(CC(=O)C1[C@H]2CNC[C@@H]12)c1nc(C2CC2)c2c(F)cccn12.CC(C)(CC(=O)C1[C@H]2CNC[C@@H]12)c1ncnc2c(F)cccc12.COc1ccn2c(C(C)(C)NC(=O)C3[C@H]4CNC[C@@H]34)nc(C)c2c1.Cc1cccn2c(C(C)(C)CC(=O)C3[C@H]4CNC[C@@H]34)cnc12.Cc1nc(C(C)(C)CC(=O)C2[C@H]3CNC[C@@H]23)c2cccc(C)c2n1.Cc1nc(C(C)(C)CC(=O)C2[C@H]3CNC[C@@H]23)c2ccccn12. The van der Waals surface area contributed by atoms with Gasteiger partial charge in [-0.25, -0.2) is 48.7 Å². The van der Waals surface area contributed by atoms with E-state index in [4.69, 9.17) is 24.7 Å². The van der Waals surface area contributed by atoms with Gasteiger partial charge in [0.25, 0.3) is 0 Å². The Morgan fingerprint density at radius 1 is 0.407 bits per heavy atom. The number of hydrogen-bond acceptors (Lipinski definition) is 21. The van der Waals surface area contributed by atoms with Gasteiger partial charge in [0.2, 0.25) is 5.91 Å². The van der Waals surface area contributed by atoms with Crippen molar-refractivity contribution in [3.05, 3.63) is 209 Å². The van der Waals surface area contributed by atoms with Crippen molar-refractivity contribution in [2.45, 2.75) is 201 Å². The van der Waals surface area contributed by atoms with Gasteiger partial charge in [-0.2, -0.15) is 0 Å². The average Bonchev–Trinajstić information content (AvgIpc) is 1.44. The molecule has 12 aromatic rings. The number of halogens is 2. The molecule has 0 radical (unpaired) electrons. The lowest BCUT2D eigenvalue weighted by Crippen LogP contribution is -2.44. The Morgan fingerprint density at radius 3 is 1.39 bits per heavy atom. The average molecular weight is 1900 g/mol.